The molecule has 0 spiro atoms. The Kier molecular flexibility index (Phi) is 8.79. The number of hydrogen-bond acceptors (Lipinski definition) is 5. The molecule has 1 aromatic carbocycles. The minimum Gasteiger partial charge on any atom is -0.481 e. The molecule has 0 fully saturated rings. The fraction of sp³-hybridized carbons (Fsp3) is 0.333. The molecule has 17 heteroatoms. The number of carbonyl (C=O) groups excluding carboxylic acids is 1. The lowest BCUT2D eigenvalue weighted by atomic mass is 10.2. The van der Waals surface area contributed by atoms with Crippen molar-refractivity contribution >= 4 is 51.7 Å². The number of carboxylic acids is 1. The molecule has 0 aliphatic carbocycles. The first-order chi connectivity index (χ1) is 16.1. The third kappa shape index (κ3) is 6.86. The molecule has 1 atom stereocenters. The number of aromatic nitrogens is 2. The van der Waals surface area contributed by atoms with Crippen LogP contribution in [0.1, 0.15) is 36.9 Å². The first-order valence-electron chi connectivity index (χ1n) is 9.17. The third-order valence-corrected chi connectivity index (χ3v) is 5.96. The van der Waals surface area contributed by atoms with Crippen LogP contribution in [-0.4, -0.2) is 36.5 Å². The van der Waals surface area contributed by atoms with E-state index in [0.717, 1.165) is 0 Å². The maximum absolute atomic E-state index is 13.3. The maximum atomic E-state index is 13.3. The molecule has 1 aromatic heterocycles. The lowest BCUT2D eigenvalue weighted by Gasteiger charge is -2.16. The monoisotopic (exact) mass is 564 g/mol. The van der Waals surface area contributed by atoms with Crippen molar-refractivity contribution in [2.75, 3.05) is 5.32 Å². The number of carboxylic acid groups (broad SMARTS) is 1. The number of hydrogen-bond donors (Lipinski definition) is 2. The molecule has 2 N–H and O–H groups in total. The molecule has 190 valence electrons. The molecule has 0 saturated carbocycles. The van der Waals surface area contributed by atoms with Crippen LogP contribution in [0.4, 0.5) is 32.2 Å². The lowest BCUT2D eigenvalue weighted by molar-refractivity contribution is -0.138. The van der Waals surface area contributed by atoms with Gasteiger partial charge in [-0.3, -0.25) is 9.59 Å². The summed E-state index contributed by atoms with van der Waals surface area (Å²) in [5, 5.41) is 21.9. The Morgan fingerprint density at radius 3 is 2.11 bits per heavy atom. The molecule has 8 nitrogen and oxygen atoms in total. The fourth-order valence-corrected chi connectivity index (χ4v) is 4.18. The van der Waals surface area contributed by atoms with Gasteiger partial charge in [-0.2, -0.15) is 36.7 Å². The van der Waals surface area contributed by atoms with Gasteiger partial charge in [-0.05, 0) is 25.0 Å². The standard InChI is InChI=1S/C18H12Cl2F6N4O4S/c19-9-5-8(17(21,22)23)6-10(20)14(9)30-16(28-12(31)3-1-2-4-13(32)33)15(11(7-27)29-30)35(34)18(24,25)26/h5-6H,1-4H2,(H,28,31)(H,32,33). The van der Waals surface area contributed by atoms with Crippen LogP contribution in [0.3, 0.4) is 0 Å². The Balaban J connectivity index is 2.66. The summed E-state index contributed by atoms with van der Waals surface area (Å²) in [6.07, 6.45) is -5.53. The van der Waals surface area contributed by atoms with Gasteiger partial charge in [-0.1, -0.05) is 23.2 Å². The van der Waals surface area contributed by atoms with E-state index in [1.165, 1.54) is 6.07 Å². The Morgan fingerprint density at radius 1 is 1.11 bits per heavy atom. The van der Waals surface area contributed by atoms with Crippen molar-refractivity contribution in [2.45, 2.75) is 42.3 Å². The molecular formula is C18H12Cl2F6N4O4S. The Bertz CT molecular complexity index is 1200. The van der Waals surface area contributed by atoms with E-state index >= 15 is 0 Å². The van der Waals surface area contributed by atoms with Crippen LogP contribution in [0.15, 0.2) is 17.0 Å². The Morgan fingerprint density at radius 2 is 1.66 bits per heavy atom. The highest BCUT2D eigenvalue weighted by molar-refractivity contribution is 7.86. The number of nitriles is 1. The second-order valence-electron chi connectivity index (χ2n) is 6.70. The zero-order valence-electron chi connectivity index (χ0n) is 16.9. The summed E-state index contributed by atoms with van der Waals surface area (Å²) in [4.78, 5) is 21.6. The summed E-state index contributed by atoms with van der Waals surface area (Å²) in [5.74, 6) is -3.08. The van der Waals surface area contributed by atoms with Crippen molar-refractivity contribution < 1.29 is 45.2 Å². The number of benzene rings is 1. The van der Waals surface area contributed by atoms with Crippen LogP contribution >= 0.6 is 23.2 Å². The molecule has 2 aromatic rings. The topological polar surface area (TPSA) is 125 Å². The van der Waals surface area contributed by atoms with E-state index in [-0.39, 0.29) is 19.3 Å². The van der Waals surface area contributed by atoms with Gasteiger partial charge in [0, 0.05) is 12.8 Å². The molecule has 0 radical (unpaired) electrons. The quantitative estimate of drug-likeness (QED) is 0.332. The number of unbranched alkanes of at least 4 members (excludes halogenated alkanes) is 1. The summed E-state index contributed by atoms with van der Waals surface area (Å²) in [7, 11) is -3.90. The lowest BCUT2D eigenvalue weighted by Crippen LogP contribution is -2.21. The Hall–Kier alpha value is -2.83. The van der Waals surface area contributed by atoms with Crippen LogP contribution in [0.2, 0.25) is 10.0 Å². The molecule has 35 heavy (non-hydrogen) atoms. The highest BCUT2D eigenvalue weighted by Crippen LogP contribution is 2.41. The summed E-state index contributed by atoms with van der Waals surface area (Å²) in [5.41, 5.74) is -8.39. The first-order valence-corrected chi connectivity index (χ1v) is 11.1. The summed E-state index contributed by atoms with van der Waals surface area (Å²) in [6.45, 7) is 0. The van der Waals surface area contributed by atoms with Gasteiger partial charge < -0.3 is 10.4 Å². The highest BCUT2D eigenvalue weighted by atomic mass is 35.5. The van der Waals surface area contributed by atoms with Crippen molar-refractivity contribution in [3.05, 3.63) is 33.4 Å². The van der Waals surface area contributed by atoms with Crippen LogP contribution in [0.5, 0.6) is 0 Å². The number of alkyl halides is 6. The smallest absolute Gasteiger partial charge is 0.476 e. The van der Waals surface area contributed by atoms with Crippen LogP contribution in [0, 0.1) is 11.3 Å². The fourth-order valence-electron chi connectivity index (χ4n) is 2.73. The molecule has 1 amide bonds. The second kappa shape index (κ2) is 10.8. The first kappa shape index (κ1) is 28.4. The molecule has 0 aliphatic rings. The number of halogens is 8. The van der Waals surface area contributed by atoms with Crippen LogP contribution in [-0.2, 0) is 26.6 Å². The zero-order chi connectivity index (χ0) is 26.7. The number of carbonyl (C=O) groups is 2. The third-order valence-electron chi connectivity index (χ3n) is 4.20. The van der Waals surface area contributed by atoms with Gasteiger partial charge in [0.2, 0.25) is 5.91 Å². The van der Waals surface area contributed by atoms with E-state index in [4.69, 9.17) is 28.3 Å². The molecule has 0 bridgehead atoms. The van der Waals surface area contributed by atoms with Crippen molar-refractivity contribution in [1.82, 2.24) is 9.78 Å². The maximum Gasteiger partial charge on any atom is 0.476 e. The number of aliphatic carboxylic acids is 1. The minimum absolute atomic E-state index is 0.00311. The van der Waals surface area contributed by atoms with Gasteiger partial charge in [0.05, 0.1) is 15.6 Å². The predicted octanol–water partition coefficient (Wildman–Crippen LogP) is 5.28. The summed E-state index contributed by atoms with van der Waals surface area (Å²) >= 11 is 11.8. The average Bonchev–Trinajstić information content (AvgIpc) is 3.06. The van der Waals surface area contributed by atoms with Gasteiger partial charge in [0.1, 0.15) is 16.7 Å². The number of anilines is 1. The van der Waals surface area contributed by atoms with E-state index < -0.39 is 78.5 Å². The van der Waals surface area contributed by atoms with E-state index in [0.29, 0.717) is 16.8 Å². The van der Waals surface area contributed by atoms with Gasteiger partial charge in [0.25, 0.3) is 0 Å². The zero-order valence-corrected chi connectivity index (χ0v) is 19.3. The SMILES string of the molecule is N#Cc1nn(-c2c(Cl)cc(C(F)(F)F)cc2Cl)c(NC(=O)CCCCC(=O)O)c1S(=O)C(F)(F)F. The largest absolute Gasteiger partial charge is 0.481 e. The second-order valence-corrected chi connectivity index (χ2v) is 8.92. The van der Waals surface area contributed by atoms with Crippen LogP contribution < -0.4 is 5.32 Å². The van der Waals surface area contributed by atoms with E-state index in [2.05, 4.69) is 5.10 Å². The number of nitrogens with zero attached hydrogens (tertiary/aromatic N) is 3. The van der Waals surface area contributed by atoms with E-state index in [9.17, 15) is 45.4 Å². The highest BCUT2D eigenvalue weighted by Gasteiger charge is 2.43. The molecular weight excluding hydrogens is 553 g/mol. The average molecular weight is 565 g/mol. The summed E-state index contributed by atoms with van der Waals surface area (Å²) < 4.78 is 91.4. The van der Waals surface area contributed by atoms with Gasteiger partial charge >= 0.3 is 17.7 Å². The molecule has 1 unspecified atom stereocenters. The van der Waals surface area contributed by atoms with Crippen molar-refractivity contribution in [3.63, 3.8) is 0 Å². The number of rotatable bonds is 8. The molecule has 0 aliphatic heterocycles. The summed E-state index contributed by atoms with van der Waals surface area (Å²) in [6, 6.07) is 2.08. The normalized spacial score (nSPS) is 12.8. The van der Waals surface area contributed by atoms with E-state index in [1.54, 1.807) is 0 Å². The van der Waals surface area contributed by atoms with E-state index in [1.807, 2.05) is 5.32 Å². The van der Waals surface area contributed by atoms with Crippen molar-refractivity contribution in [3.8, 4) is 11.8 Å². The van der Waals surface area contributed by atoms with Crippen molar-refractivity contribution in [1.29, 1.82) is 5.26 Å². The Labute approximate surface area is 204 Å². The predicted molar refractivity (Wildman–Crippen MR) is 110 cm³/mol. The molecule has 2 rings (SSSR count). The minimum atomic E-state index is -5.41. The van der Waals surface area contributed by atoms with Crippen LogP contribution in [0.25, 0.3) is 5.69 Å². The number of amides is 1. The van der Waals surface area contributed by atoms with Gasteiger partial charge in [-0.25, -0.2) is 8.89 Å². The van der Waals surface area contributed by atoms with Crippen molar-refractivity contribution in [2.24, 2.45) is 0 Å². The molecule has 0 saturated heterocycles. The van der Waals surface area contributed by atoms with Gasteiger partial charge in [-0.15, -0.1) is 0 Å². The number of nitrogens with one attached hydrogen (secondary N) is 1. The van der Waals surface area contributed by atoms with Gasteiger partial charge in [0.15, 0.2) is 22.3 Å². The molecule has 1 heterocycles.